The lowest BCUT2D eigenvalue weighted by Gasteiger charge is -2.20. The normalized spacial score (nSPS) is 14.2. The van der Waals surface area contributed by atoms with Gasteiger partial charge in [0.05, 0.1) is 17.5 Å². The van der Waals surface area contributed by atoms with Gasteiger partial charge in [-0.25, -0.2) is 18.1 Å². The van der Waals surface area contributed by atoms with Gasteiger partial charge in [0, 0.05) is 25.7 Å². The number of aryl methyl sites for hydroxylation is 2. The summed E-state index contributed by atoms with van der Waals surface area (Å²) in [5.74, 6) is 0.552. The van der Waals surface area contributed by atoms with Crippen molar-refractivity contribution in [2.75, 3.05) is 24.7 Å². The van der Waals surface area contributed by atoms with Crippen LogP contribution in [0.1, 0.15) is 45.9 Å². The van der Waals surface area contributed by atoms with Crippen LogP contribution in [0, 0.1) is 13.8 Å². The van der Waals surface area contributed by atoms with E-state index in [4.69, 9.17) is 0 Å². The second-order valence-electron chi connectivity index (χ2n) is 7.90. The van der Waals surface area contributed by atoms with Crippen LogP contribution in [-0.4, -0.2) is 49.4 Å². The highest BCUT2D eigenvalue weighted by Gasteiger charge is 2.31. The van der Waals surface area contributed by atoms with Crippen molar-refractivity contribution >= 4 is 32.5 Å². The molecule has 0 spiro atoms. The van der Waals surface area contributed by atoms with Gasteiger partial charge in [-0.15, -0.1) is 0 Å². The first kappa shape index (κ1) is 20.3. The summed E-state index contributed by atoms with van der Waals surface area (Å²) in [7, 11) is -0.311. The fourth-order valence-corrected chi connectivity index (χ4v) is 4.05. The average molecular weight is 428 g/mol. The Balaban J connectivity index is 2.02. The minimum absolute atomic E-state index is 0.275. The van der Waals surface area contributed by atoms with E-state index in [1.807, 2.05) is 26.0 Å². The third-order valence-electron chi connectivity index (χ3n) is 5.69. The predicted molar refractivity (Wildman–Crippen MR) is 117 cm³/mol. The molecule has 0 radical (unpaired) electrons. The van der Waals surface area contributed by atoms with Gasteiger partial charge in [-0.2, -0.15) is 5.10 Å². The van der Waals surface area contributed by atoms with Crippen LogP contribution >= 0.6 is 0 Å². The zero-order valence-electron chi connectivity index (χ0n) is 17.7. The van der Waals surface area contributed by atoms with E-state index in [1.165, 1.54) is 15.2 Å². The number of rotatable bonds is 5. The summed E-state index contributed by atoms with van der Waals surface area (Å²) in [4.78, 5) is 17.3. The monoisotopic (exact) mass is 427 g/mol. The number of hydrogen-bond donors (Lipinski definition) is 1. The molecule has 0 aliphatic heterocycles. The van der Waals surface area contributed by atoms with Gasteiger partial charge in [-0.3, -0.25) is 9.10 Å². The highest BCUT2D eigenvalue weighted by Crippen LogP contribution is 2.46. The number of hydrogen-bond acceptors (Lipinski definition) is 5. The molecule has 8 nitrogen and oxygen atoms in total. The van der Waals surface area contributed by atoms with Crippen LogP contribution in [-0.2, 0) is 10.0 Å². The van der Waals surface area contributed by atoms with Crippen LogP contribution in [0.2, 0.25) is 0 Å². The molecule has 2 aromatic heterocycles. The SMILES string of the molecule is CNC(=O)c1c2cc(C3CC3)c(N(C)S(C)(=O)=O)cc2nn1-c1cc(C)c(C)cn1. The Kier molecular flexibility index (Phi) is 4.80. The van der Waals surface area contributed by atoms with Gasteiger partial charge in [-0.05, 0) is 67.5 Å². The summed E-state index contributed by atoms with van der Waals surface area (Å²) in [6.45, 7) is 3.95. The minimum atomic E-state index is -3.43. The number of pyridine rings is 1. The Morgan fingerprint density at radius 2 is 1.90 bits per heavy atom. The summed E-state index contributed by atoms with van der Waals surface area (Å²) in [6.07, 6.45) is 4.93. The molecule has 1 saturated carbocycles. The van der Waals surface area contributed by atoms with Crippen molar-refractivity contribution in [2.24, 2.45) is 0 Å². The van der Waals surface area contributed by atoms with Crippen LogP contribution in [0.4, 0.5) is 5.69 Å². The Hall–Kier alpha value is -2.94. The number of sulfonamides is 1. The largest absolute Gasteiger partial charge is 0.354 e. The minimum Gasteiger partial charge on any atom is -0.354 e. The van der Waals surface area contributed by atoms with Crippen LogP contribution in [0.15, 0.2) is 24.4 Å². The van der Waals surface area contributed by atoms with Gasteiger partial charge in [0.15, 0.2) is 5.82 Å². The lowest BCUT2D eigenvalue weighted by atomic mass is 10.0. The molecular formula is C21H25N5O3S. The van der Waals surface area contributed by atoms with E-state index < -0.39 is 10.0 Å². The van der Waals surface area contributed by atoms with Gasteiger partial charge in [0.2, 0.25) is 10.0 Å². The molecular weight excluding hydrogens is 402 g/mol. The molecule has 0 saturated heterocycles. The molecule has 1 aromatic carbocycles. The van der Waals surface area contributed by atoms with Crippen LogP contribution < -0.4 is 9.62 Å². The highest BCUT2D eigenvalue weighted by molar-refractivity contribution is 7.92. The van der Waals surface area contributed by atoms with Crippen LogP contribution in [0.25, 0.3) is 16.7 Å². The number of nitrogens with zero attached hydrogens (tertiary/aromatic N) is 4. The summed E-state index contributed by atoms with van der Waals surface area (Å²) < 4.78 is 27.2. The molecule has 1 fully saturated rings. The van der Waals surface area contributed by atoms with Crippen molar-refractivity contribution in [1.29, 1.82) is 0 Å². The van der Waals surface area contributed by atoms with E-state index in [0.717, 1.165) is 29.5 Å². The van der Waals surface area contributed by atoms with Gasteiger partial charge in [-0.1, -0.05) is 0 Å². The highest BCUT2D eigenvalue weighted by atomic mass is 32.2. The third-order valence-corrected chi connectivity index (χ3v) is 6.88. The lowest BCUT2D eigenvalue weighted by Crippen LogP contribution is -2.26. The van der Waals surface area contributed by atoms with Crippen LogP contribution in [0.5, 0.6) is 0 Å². The molecule has 0 bridgehead atoms. The second-order valence-corrected chi connectivity index (χ2v) is 9.91. The maximum atomic E-state index is 12.8. The zero-order chi connectivity index (χ0) is 21.8. The second kappa shape index (κ2) is 7.09. The lowest BCUT2D eigenvalue weighted by molar-refractivity contribution is 0.0957. The molecule has 4 rings (SSSR count). The average Bonchev–Trinajstić information content (AvgIpc) is 3.47. The number of benzene rings is 1. The van der Waals surface area contributed by atoms with Crippen molar-refractivity contribution in [3.05, 3.63) is 46.8 Å². The van der Waals surface area contributed by atoms with Crippen molar-refractivity contribution in [1.82, 2.24) is 20.1 Å². The summed E-state index contributed by atoms with van der Waals surface area (Å²) in [5.41, 5.74) is 4.55. The number of carbonyl (C=O) groups excluding carboxylic acids is 1. The van der Waals surface area contributed by atoms with Gasteiger partial charge in [0.25, 0.3) is 5.91 Å². The predicted octanol–water partition coefficient (Wildman–Crippen LogP) is 2.67. The molecule has 1 amide bonds. The molecule has 3 aromatic rings. The van der Waals surface area contributed by atoms with Crippen molar-refractivity contribution in [2.45, 2.75) is 32.6 Å². The molecule has 1 aliphatic rings. The number of carbonyl (C=O) groups is 1. The number of fused-ring (bicyclic) bond motifs is 1. The topological polar surface area (TPSA) is 97.2 Å². The first-order valence-electron chi connectivity index (χ1n) is 9.78. The van der Waals surface area contributed by atoms with E-state index >= 15 is 0 Å². The first-order valence-corrected chi connectivity index (χ1v) is 11.6. The molecule has 2 heterocycles. The summed E-state index contributed by atoms with van der Waals surface area (Å²) in [5, 5.41) is 8.01. The van der Waals surface area contributed by atoms with E-state index in [2.05, 4.69) is 15.4 Å². The van der Waals surface area contributed by atoms with Gasteiger partial charge >= 0.3 is 0 Å². The number of amides is 1. The molecule has 1 N–H and O–H groups in total. The molecule has 9 heteroatoms. The molecule has 1 aliphatic carbocycles. The summed E-state index contributed by atoms with van der Waals surface area (Å²) in [6, 6.07) is 5.56. The third kappa shape index (κ3) is 3.43. The quantitative estimate of drug-likeness (QED) is 0.675. The van der Waals surface area contributed by atoms with Crippen LogP contribution in [0.3, 0.4) is 0 Å². The van der Waals surface area contributed by atoms with Gasteiger partial charge < -0.3 is 5.32 Å². The van der Waals surface area contributed by atoms with Crippen molar-refractivity contribution in [3.63, 3.8) is 0 Å². The van der Waals surface area contributed by atoms with E-state index in [9.17, 15) is 13.2 Å². The van der Waals surface area contributed by atoms with E-state index in [0.29, 0.717) is 28.1 Å². The number of nitrogens with one attached hydrogen (secondary N) is 1. The molecule has 0 atom stereocenters. The first-order chi connectivity index (χ1) is 14.1. The molecule has 0 unspecified atom stereocenters. The van der Waals surface area contributed by atoms with E-state index in [1.54, 1.807) is 26.4 Å². The Bertz CT molecular complexity index is 1280. The Labute approximate surface area is 176 Å². The zero-order valence-corrected chi connectivity index (χ0v) is 18.5. The maximum Gasteiger partial charge on any atom is 0.270 e. The molecule has 30 heavy (non-hydrogen) atoms. The fourth-order valence-electron chi connectivity index (χ4n) is 3.54. The number of anilines is 1. The summed E-state index contributed by atoms with van der Waals surface area (Å²) >= 11 is 0. The van der Waals surface area contributed by atoms with Crippen molar-refractivity contribution < 1.29 is 13.2 Å². The number of aromatic nitrogens is 3. The standard InChI is InChI=1S/C21H25N5O3S/c1-12-8-19(23-11-13(12)2)26-20(21(27)22-3)16-9-15(14-6-7-14)18(10-17(16)24-26)25(4)30(5,28)29/h8-11,14H,6-7H2,1-5H3,(H,22,27). The maximum absolute atomic E-state index is 12.8. The Morgan fingerprint density at radius 3 is 2.47 bits per heavy atom. The van der Waals surface area contributed by atoms with Crippen molar-refractivity contribution in [3.8, 4) is 5.82 Å². The smallest absolute Gasteiger partial charge is 0.270 e. The van der Waals surface area contributed by atoms with E-state index in [-0.39, 0.29) is 11.8 Å². The van der Waals surface area contributed by atoms with Gasteiger partial charge in [0.1, 0.15) is 5.69 Å². The molecule has 158 valence electrons. The Morgan fingerprint density at radius 1 is 1.20 bits per heavy atom. The fraction of sp³-hybridized carbons (Fsp3) is 0.381.